The molecule has 0 aliphatic rings. The Bertz CT molecular complexity index is 247. The number of aliphatic hydroxyl groups is 3. The van der Waals surface area contributed by atoms with Gasteiger partial charge in [-0.25, -0.2) is 4.18 Å². The average molecular weight is 253 g/mol. The zero-order valence-corrected chi connectivity index (χ0v) is 11.6. The van der Waals surface area contributed by atoms with Crippen molar-refractivity contribution in [3.63, 3.8) is 0 Å². The van der Waals surface area contributed by atoms with Crippen LogP contribution in [0.25, 0.3) is 0 Å². The molecule has 1 atom stereocenters. The second-order valence-corrected chi connectivity index (χ2v) is 4.30. The molecular weight excluding hydrogens is 237 g/mol. The van der Waals surface area contributed by atoms with Crippen LogP contribution in [-0.4, -0.2) is 56.2 Å². The second-order valence-electron chi connectivity index (χ2n) is 2.57. The quantitative estimate of drug-likeness (QED) is 0.203. The van der Waals surface area contributed by atoms with E-state index in [0.29, 0.717) is 0 Å². The first-order chi connectivity index (χ1) is 6.53. The van der Waals surface area contributed by atoms with E-state index in [9.17, 15) is 8.42 Å². The minimum Gasteiger partial charge on any atom is -1.00 e. The van der Waals surface area contributed by atoms with Gasteiger partial charge in [0.15, 0.2) is 6.79 Å². The molecule has 4 N–H and O–H groups in total. The molecular formula is C6H16NNaO6S. The van der Waals surface area contributed by atoms with Gasteiger partial charge in [-0.1, -0.05) is 0 Å². The molecule has 0 aromatic rings. The van der Waals surface area contributed by atoms with Crippen LogP contribution in [0.4, 0.5) is 0 Å². The SMILES string of the molecule is CNC(C(CO)CO)S(=O)(=O)OCO.[H-].[Na+]. The van der Waals surface area contributed by atoms with Crippen LogP contribution in [0, 0.1) is 5.92 Å². The van der Waals surface area contributed by atoms with Crippen LogP contribution in [0.1, 0.15) is 1.43 Å². The van der Waals surface area contributed by atoms with E-state index in [1.165, 1.54) is 7.05 Å². The van der Waals surface area contributed by atoms with Gasteiger partial charge in [-0.2, -0.15) is 8.42 Å². The van der Waals surface area contributed by atoms with Gasteiger partial charge in [0.2, 0.25) is 0 Å². The van der Waals surface area contributed by atoms with Crippen molar-refractivity contribution >= 4 is 10.1 Å². The van der Waals surface area contributed by atoms with Crippen LogP contribution in [0.3, 0.4) is 0 Å². The summed E-state index contributed by atoms with van der Waals surface area (Å²) < 4.78 is 26.6. The zero-order valence-electron chi connectivity index (χ0n) is 9.75. The number of hydrogen-bond donors (Lipinski definition) is 4. The summed E-state index contributed by atoms with van der Waals surface area (Å²) in [4.78, 5) is 0. The van der Waals surface area contributed by atoms with Crippen molar-refractivity contribution < 1.29 is 58.9 Å². The molecule has 15 heavy (non-hydrogen) atoms. The molecule has 0 aromatic heterocycles. The van der Waals surface area contributed by atoms with Crippen LogP contribution in [0.2, 0.25) is 0 Å². The molecule has 0 aromatic carbocycles. The van der Waals surface area contributed by atoms with Gasteiger partial charge in [0, 0.05) is 5.92 Å². The van der Waals surface area contributed by atoms with E-state index in [2.05, 4.69) is 9.50 Å². The Balaban J connectivity index is -0.000000845. The summed E-state index contributed by atoms with van der Waals surface area (Å²) in [7, 11) is -2.68. The fraction of sp³-hybridized carbons (Fsp3) is 1.00. The first kappa shape index (κ1) is 18.1. The molecule has 0 saturated heterocycles. The molecule has 0 amide bonds. The number of hydrogen-bond acceptors (Lipinski definition) is 7. The molecule has 0 heterocycles. The van der Waals surface area contributed by atoms with E-state index in [0.717, 1.165) is 0 Å². The third-order valence-electron chi connectivity index (χ3n) is 1.71. The summed E-state index contributed by atoms with van der Waals surface area (Å²) >= 11 is 0. The zero-order chi connectivity index (χ0) is 11.2. The maximum Gasteiger partial charge on any atom is 1.00 e. The van der Waals surface area contributed by atoms with Crippen LogP contribution >= 0.6 is 0 Å². The largest absolute Gasteiger partial charge is 1.00 e. The topological polar surface area (TPSA) is 116 Å². The van der Waals surface area contributed by atoms with Crippen molar-refractivity contribution in [2.45, 2.75) is 5.37 Å². The Labute approximate surface area is 112 Å². The van der Waals surface area contributed by atoms with Crippen LogP contribution in [-0.2, 0) is 14.3 Å². The number of nitrogens with one attached hydrogen (secondary N) is 1. The van der Waals surface area contributed by atoms with Gasteiger partial charge in [0.05, 0.1) is 13.2 Å². The molecule has 7 nitrogen and oxygen atoms in total. The van der Waals surface area contributed by atoms with Crippen molar-refractivity contribution in [2.75, 3.05) is 27.1 Å². The molecule has 0 aliphatic heterocycles. The van der Waals surface area contributed by atoms with Crippen LogP contribution < -0.4 is 34.9 Å². The first-order valence-corrected chi connectivity index (χ1v) is 5.38. The molecule has 0 aliphatic carbocycles. The Hall–Kier alpha value is 0.750. The van der Waals surface area contributed by atoms with E-state index in [1.807, 2.05) is 0 Å². The van der Waals surface area contributed by atoms with Crippen molar-refractivity contribution in [1.82, 2.24) is 5.32 Å². The standard InChI is InChI=1S/C6H15NO6S.Na.H/c1-7-6(5(2-8)3-9)14(11,12)13-4-10;;/h5-10H,2-4H2,1H3;;/q;+1;-1. The van der Waals surface area contributed by atoms with Crippen molar-refractivity contribution in [3.05, 3.63) is 0 Å². The summed E-state index contributed by atoms with van der Waals surface area (Å²) in [6.45, 7) is -1.98. The second kappa shape index (κ2) is 8.85. The predicted molar refractivity (Wildman–Crippen MR) is 48.7 cm³/mol. The van der Waals surface area contributed by atoms with Crippen molar-refractivity contribution in [2.24, 2.45) is 5.92 Å². The smallest absolute Gasteiger partial charge is 1.00 e. The Morgan fingerprint density at radius 1 is 1.33 bits per heavy atom. The van der Waals surface area contributed by atoms with Gasteiger partial charge in [0.25, 0.3) is 10.1 Å². The predicted octanol–water partition coefficient (Wildman–Crippen LogP) is -5.45. The Kier molecular flexibility index (Phi) is 10.7. The number of aliphatic hydroxyl groups excluding tert-OH is 3. The van der Waals surface area contributed by atoms with E-state index >= 15 is 0 Å². The van der Waals surface area contributed by atoms with Crippen LogP contribution in [0.5, 0.6) is 0 Å². The fourth-order valence-electron chi connectivity index (χ4n) is 1.01. The molecule has 0 spiro atoms. The van der Waals surface area contributed by atoms with E-state index in [-0.39, 0.29) is 31.0 Å². The monoisotopic (exact) mass is 253 g/mol. The fourth-order valence-corrected chi connectivity index (χ4v) is 2.24. The van der Waals surface area contributed by atoms with E-state index < -0.39 is 41.4 Å². The van der Waals surface area contributed by atoms with Crippen molar-refractivity contribution in [1.29, 1.82) is 0 Å². The third-order valence-corrected chi connectivity index (χ3v) is 3.39. The van der Waals surface area contributed by atoms with Crippen LogP contribution in [0.15, 0.2) is 0 Å². The summed E-state index contributed by atoms with van der Waals surface area (Å²) in [6, 6.07) is 0. The average Bonchev–Trinajstić information content (AvgIpc) is 2.13. The molecule has 0 saturated carbocycles. The van der Waals surface area contributed by atoms with Gasteiger partial charge >= 0.3 is 29.6 Å². The van der Waals surface area contributed by atoms with E-state index in [4.69, 9.17) is 15.3 Å². The van der Waals surface area contributed by atoms with Gasteiger partial charge in [-0.15, -0.1) is 0 Å². The minimum absolute atomic E-state index is 0. The van der Waals surface area contributed by atoms with Gasteiger partial charge in [-0.05, 0) is 7.05 Å². The summed E-state index contributed by atoms with van der Waals surface area (Å²) in [5, 5.41) is 27.0. The summed E-state index contributed by atoms with van der Waals surface area (Å²) in [6.07, 6.45) is 0. The van der Waals surface area contributed by atoms with Gasteiger partial charge < -0.3 is 22.1 Å². The maximum atomic E-state index is 11.3. The van der Waals surface area contributed by atoms with E-state index in [1.54, 1.807) is 0 Å². The molecule has 0 radical (unpaired) electrons. The number of rotatable bonds is 7. The molecule has 0 fully saturated rings. The summed E-state index contributed by atoms with van der Waals surface area (Å²) in [5.74, 6) is -0.892. The van der Waals surface area contributed by atoms with Crippen molar-refractivity contribution in [3.8, 4) is 0 Å². The van der Waals surface area contributed by atoms with Gasteiger partial charge in [-0.3, -0.25) is 0 Å². The Morgan fingerprint density at radius 3 is 2.07 bits per heavy atom. The van der Waals surface area contributed by atoms with Gasteiger partial charge in [0.1, 0.15) is 5.37 Å². The summed E-state index contributed by atoms with van der Waals surface area (Å²) in [5.41, 5.74) is 0. The normalized spacial score (nSPS) is 13.7. The minimum atomic E-state index is -4.03. The first-order valence-electron chi connectivity index (χ1n) is 3.91. The molecule has 88 valence electrons. The Morgan fingerprint density at radius 2 is 1.80 bits per heavy atom. The molecule has 0 bridgehead atoms. The molecule has 0 rings (SSSR count). The molecule has 9 heteroatoms. The third kappa shape index (κ3) is 5.57. The molecule has 1 unspecified atom stereocenters. The maximum absolute atomic E-state index is 11.3.